The fraction of sp³-hybridized carbons (Fsp3) is 0.308. The van der Waals surface area contributed by atoms with Crippen LogP contribution in [0.4, 0.5) is 5.82 Å². The van der Waals surface area contributed by atoms with Gasteiger partial charge in [-0.15, -0.1) is 0 Å². The van der Waals surface area contributed by atoms with Crippen molar-refractivity contribution in [3.8, 4) is 0 Å². The molecule has 6 nitrogen and oxygen atoms in total. The number of carboxylic acid groups (broad SMARTS) is 1. The quantitative estimate of drug-likeness (QED) is 0.879. The number of hydrogen-bond donors (Lipinski definition) is 1. The Morgan fingerprint density at radius 1 is 1.37 bits per heavy atom. The molecule has 0 unspecified atom stereocenters. The van der Waals surface area contributed by atoms with E-state index in [9.17, 15) is 9.90 Å². The number of nitrogens with zero attached hydrogens (tertiary/aromatic N) is 4. The number of carboxylic acids is 1. The summed E-state index contributed by atoms with van der Waals surface area (Å²) in [6, 6.07) is 3.33. The molecule has 0 amide bonds. The summed E-state index contributed by atoms with van der Waals surface area (Å²) in [7, 11) is 0. The van der Waals surface area contributed by atoms with Crippen LogP contribution in [-0.2, 0) is 13.1 Å². The van der Waals surface area contributed by atoms with Crippen molar-refractivity contribution in [3.05, 3.63) is 41.6 Å². The third kappa shape index (κ3) is 2.05. The topological polar surface area (TPSA) is 71.2 Å². The van der Waals surface area contributed by atoms with Gasteiger partial charge >= 0.3 is 5.97 Å². The van der Waals surface area contributed by atoms with Gasteiger partial charge in [-0.05, 0) is 19.1 Å². The molecule has 0 atom stereocenters. The van der Waals surface area contributed by atoms with Gasteiger partial charge < -0.3 is 14.6 Å². The van der Waals surface area contributed by atoms with Crippen molar-refractivity contribution >= 4 is 11.8 Å². The van der Waals surface area contributed by atoms with Crippen molar-refractivity contribution in [2.45, 2.75) is 20.0 Å². The van der Waals surface area contributed by atoms with Crippen LogP contribution in [0.2, 0.25) is 0 Å². The van der Waals surface area contributed by atoms with Gasteiger partial charge in [-0.2, -0.15) is 0 Å². The van der Waals surface area contributed by atoms with Crippen molar-refractivity contribution < 1.29 is 9.90 Å². The highest BCUT2D eigenvalue weighted by Gasteiger charge is 2.22. The molecule has 0 saturated carbocycles. The summed E-state index contributed by atoms with van der Waals surface area (Å²) in [6.45, 7) is 3.98. The molecule has 19 heavy (non-hydrogen) atoms. The second-order valence-electron chi connectivity index (χ2n) is 4.59. The SMILES string of the molecule is Cc1ccc(C(=O)O)c(N2CCn3ccnc3C2)n1. The van der Waals surface area contributed by atoms with E-state index in [1.54, 1.807) is 18.3 Å². The Labute approximate surface area is 110 Å². The second kappa shape index (κ2) is 4.38. The Balaban J connectivity index is 1.99. The van der Waals surface area contributed by atoms with Crippen LogP contribution >= 0.6 is 0 Å². The highest BCUT2D eigenvalue weighted by atomic mass is 16.4. The summed E-state index contributed by atoms with van der Waals surface area (Å²) in [6.07, 6.45) is 3.70. The Morgan fingerprint density at radius 2 is 2.21 bits per heavy atom. The fourth-order valence-electron chi connectivity index (χ4n) is 2.31. The van der Waals surface area contributed by atoms with Crippen molar-refractivity contribution in [1.82, 2.24) is 14.5 Å². The van der Waals surface area contributed by atoms with E-state index in [-0.39, 0.29) is 5.56 Å². The minimum absolute atomic E-state index is 0.241. The van der Waals surface area contributed by atoms with Gasteiger partial charge in [-0.25, -0.2) is 14.8 Å². The molecule has 0 radical (unpaired) electrons. The predicted molar refractivity (Wildman–Crippen MR) is 69.2 cm³/mol. The summed E-state index contributed by atoms with van der Waals surface area (Å²) in [5, 5.41) is 9.25. The van der Waals surface area contributed by atoms with Gasteiger partial charge in [0, 0.05) is 31.2 Å². The van der Waals surface area contributed by atoms with E-state index in [0.29, 0.717) is 12.4 Å². The highest BCUT2D eigenvalue weighted by Crippen LogP contribution is 2.23. The van der Waals surface area contributed by atoms with E-state index >= 15 is 0 Å². The van der Waals surface area contributed by atoms with E-state index < -0.39 is 5.97 Å². The first-order valence-electron chi connectivity index (χ1n) is 6.11. The molecule has 98 valence electrons. The first kappa shape index (κ1) is 11.7. The minimum atomic E-state index is -0.948. The van der Waals surface area contributed by atoms with Gasteiger partial charge in [-0.1, -0.05) is 0 Å². The summed E-state index contributed by atoms with van der Waals surface area (Å²) in [5.74, 6) is 0.518. The molecular formula is C13H14N4O2. The number of hydrogen-bond acceptors (Lipinski definition) is 4. The second-order valence-corrected chi connectivity index (χ2v) is 4.59. The zero-order valence-corrected chi connectivity index (χ0v) is 10.6. The maximum atomic E-state index is 11.3. The van der Waals surface area contributed by atoms with Crippen molar-refractivity contribution in [3.63, 3.8) is 0 Å². The molecule has 6 heteroatoms. The van der Waals surface area contributed by atoms with Crippen LogP contribution in [0, 0.1) is 6.92 Å². The summed E-state index contributed by atoms with van der Waals surface area (Å²) in [4.78, 5) is 21.9. The molecule has 3 heterocycles. The Bertz CT molecular complexity index is 635. The molecule has 0 aliphatic carbocycles. The smallest absolute Gasteiger partial charge is 0.339 e. The van der Waals surface area contributed by atoms with Gasteiger partial charge in [0.05, 0.1) is 6.54 Å². The summed E-state index contributed by atoms with van der Waals surface area (Å²) >= 11 is 0. The zero-order valence-electron chi connectivity index (χ0n) is 10.6. The van der Waals surface area contributed by atoms with E-state index in [2.05, 4.69) is 14.5 Å². The number of carbonyl (C=O) groups is 1. The lowest BCUT2D eigenvalue weighted by atomic mass is 10.2. The highest BCUT2D eigenvalue weighted by molar-refractivity contribution is 5.93. The molecule has 1 aliphatic heterocycles. The maximum Gasteiger partial charge on any atom is 0.339 e. The Kier molecular flexibility index (Phi) is 2.70. The molecule has 0 aromatic carbocycles. The van der Waals surface area contributed by atoms with Gasteiger partial charge in [0.2, 0.25) is 0 Å². The van der Waals surface area contributed by atoms with Crippen LogP contribution in [0.1, 0.15) is 21.9 Å². The predicted octanol–water partition coefficient (Wildman–Crippen LogP) is 1.30. The van der Waals surface area contributed by atoms with Crippen LogP contribution in [0.5, 0.6) is 0 Å². The first-order valence-corrected chi connectivity index (χ1v) is 6.11. The number of pyridine rings is 1. The minimum Gasteiger partial charge on any atom is -0.478 e. The molecular weight excluding hydrogens is 244 g/mol. The Hall–Kier alpha value is -2.37. The molecule has 3 rings (SSSR count). The van der Waals surface area contributed by atoms with Crippen molar-refractivity contribution in [2.24, 2.45) is 0 Å². The summed E-state index contributed by atoms with van der Waals surface area (Å²) < 4.78 is 2.08. The van der Waals surface area contributed by atoms with Crippen LogP contribution in [-0.4, -0.2) is 32.2 Å². The lowest BCUT2D eigenvalue weighted by molar-refractivity contribution is 0.0697. The largest absolute Gasteiger partial charge is 0.478 e. The third-order valence-electron chi connectivity index (χ3n) is 3.29. The molecule has 1 aliphatic rings. The van der Waals surface area contributed by atoms with E-state index in [4.69, 9.17) is 0 Å². The average molecular weight is 258 g/mol. The van der Waals surface area contributed by atoms with E-state index in [0.717, 1.165) is 24.6 Å². The molecule has 0 bridgehead atoms. The number of fused-ring (bicyclic) bond motifs is 1. The zero-order chi connectivity index (χ0) is 13.4. The van der Waals surface area contributed by atoms with Crippen molar-refractivity contribution in [2.75, 3.05) is 11.4 Å². The number of aryl methyl sites for hydroxylation is 1. The van der Waals surface area contributed by atoms with Crippen molar-refractivity contribution in [1.29, 1.82) is 0 Å². The number of aromatic carboxylic acids is 1. The number of anilines is 1. The third-order valence-corrected chi connectivity index (χ3v) is 3.29. The van der Waals surface area contributed by atoms with Crippen LogP contribution in [0.25, 0.3) is 0 Å². The molecule has 0 spiro atoms. The van der Waals surface area contributed by atoms with Gasteiger partial charge in [0.1, 0.15) is 17.2 Å². The van der Waals surface area contributed by atoms with Gasteiger partial charge in [-0.3, -0.25) is 0 Å². The molecule has 2 aromatic heterocycles. The van der Waals surface area contributed by atoms with Gasteiger partial charge in [0.25, 0.3) is 0 Å². The maximum absolute atomic E-state index is 11.3. The average Bonchev–Trinajstić information content (AvgIpc) is 2.85. The van der Waals surface area contributed by atoms with Gasteiger partial charge in [0.15, 0.2) is 0 Å². The first-order chi connectivity index (χ1) is 9.15. The monoisotopic (exact) mass is 258 g/mol. The van der Waals surface area contributed by atoms with Crippen LogP contribution in [0.3, 0.4) is 0 Å². The lowest BCUT2D eigenvalue weighted by Gasteiger charge is -2.29. The normalized spacial score (nSPS) is 14.3. The van der Waals surface area contributed by atoms with E-state index in [1.165, 1.54) is 0 Å². The molecule has 2 aromatic rings. The standard InChI is InChI=1S/C13H14N4O2/c1-9-2-3-10(13(18)19)12(15-9)17-7-6-16-5-4-14-11(16)8-17/h2-5H,6-8H2,1H3,(H,18,19). The molecule has 0 saturated heterocycles. The van der Waals surface area contributed by atoms with Crippen LogP contribution in [0.15, 0.2) is 24.5 Å². The fourth-order valence-corrected chi connectivity index (χ4v) is 2.31. The number of imidazole rings is 1. The van der Waals surface area contributed by atoms with Crippen LogP contribution < -0.4 is 4.90 Å². The summed E-state index contributed by atoms with van der Waals surface area (Å²) in [5.41, 5.74) is 1.06. The molecule has 0 fully saturated rings. The number of rotatable bonds is 2. The van der Waals surface area contributed by atoms with E-state index in [1.807, 2.05) is 18.0 Å². The number of aromatic nitrogens is 3. The Morgan fingerprint density at radius 3 is 3.00 bits per heavy atom. The lowest BCUT2D eigenvalue weighted by Crippen LogP contribution is -2.35. The molecule has 1 N–H and O–H groups in total.